The fourth-order valence-corrected chi connectivity index (χ4v) is 3.04. The standard InChI is InChI=1S/C16H12Cl2F3NOS/c17-11-6-4-10(5-7-11)8-24-9-14(23)22-15-12(16(19,20)21)2-1-3-13(15)18/h1-7H,8-9H2,(H,22,23). The molecule has 0 aliphatic rings. The Balaban J connectivity index is 1.96. The number of alkyl halides is 3. The van der Waals surface area contributed by atoms with Crippen molar-refractivity contribution in [3.05, 3.63) is 63.6 Å². The molecule has 0 aliphatic carbocycles. The van der Waals surface area contributed by atoms with E-state index in [2.05, 4.69) is 5.32 Å². The maximum absolute atomic E-state index is 13.0. The SMILES string of the molecule is O=C(CSCc1ccc(Cl)cc1)Nc1c(Cl)cccc1C(F)(F)F. The molecule has 2 aromatic carbocycles. The summed E-state index contributed by atoms with van der Waals surface area (Å²) in [4.78, 5) is 11.9. The number of nitrogens with one attached hydrogen (secondary N) is 1. The molecule has 2 rings (SSSR count). The molecule has 1 N–H and O–H groups in total. The first kappa shape index (κ1) is 19.0. The van der Waals surface area contributed by atoms with E-state index in [1.165, 1.54) is 23.9 Å². The van der Waals surface area contributed by atoms with Crippen LogP contribution < -0.4 is 5.32 Å². The van der Waals surface area contributed by atoms with Crippen LogP contribution in [0.4, 0.5) is 18.9 Å². The third-order valence-corrected chi connectivity index (χ3v) is 4.57. The first-order chi connectivity index (χ1) is 11.3. The number of carbonyl (C=O) groups excluding carboxylic acids is 1. The number of anilines is 1. The van der Waals surface area contributed by atoms with Gasteiger partial charge in [0.1, 0.15) is 0 Å². The maximum atomic E-state index is 13.0. The molecule has 8 heteroatoms. The van der Waals surface area contributed by atoms with E-state index in [-0.39, 0.29) is 10.8 Å². The van der Waals surface area contributed by atoms with Crippen molar-refractivity contribution in [3.63, 3.8) is 0 Å². The Morgan fingerprint density at radius 2 is 1.75 bits per heavy atom. The lowest BCUT2D eigenvalue weighted by molar-refractivity contribution is -0.137. The Morgan fingerprint density at radius 1 is 1.08 bits per heavy atom. The second-order valence-electron chi connectivity index (χ2n) is 4.83. The van der Waals surface area contributed by atoms with Crippen LogP contribution in [0.15, 0.2) is 42.5 Å². The van der Waals surface area contributed by atoms with E-state index in [0.29, 0.717) is 10.8 Å². The van der Waals surface area contributed by atoms with Crippen LogP contribution in [0.5, 0.6) is 0 Å². The van der Waals surface area contributed by atoms with E-state index in [4.69, 9.17) is 23.2 Å². The highest BCUT2D eigenvalue weighted by Gasteiger charge is 2.34. The van der Waals surface area contributed by atoms with Crippen molar-refractivity contribution in [1.82, 2.24) is 0 Å². The van der Waals surface area contributed by atoms with Gasteiger partial charge >= 0.3 is 6.18 Å². The number of hydrogen-bond acceptors (Lipinski definition) is 2. The van der Waals surface area contributed by atoms with E-state index in [0.717, 1.165) is 11.6 Å². The van der Waals surface area contributed by atoms with E-state index >= 15 is 0 Å². The zero-order valence-corrected chi connectivity index (χ0v) is 14.5. The number of amides is 1. The number of carbonyl (C=O) groups is 1. The van der Waals surface area contributed by atoms with Gasteiger partial charge in [-0.1, -0.05) is 41.4 Å². The van der Waals surface area contributed by atoms with Crippen LogP contribution in [-0.4, -0.2) is 11.7 Å². The second-order valence-corrected chi connectivity index (χ2v) is 6.66. The molecule has 0 heterocycles. The number of para-hydroxylation sites is 1. The quantitative estimate of drug-likeness (QED) is 0.686. The monoisotopic (exact) mass is 393 g/mol. The van der Waals surface area contributed by atoms with Gasteiger partial charge in [0.05, 0.1) is 22.0 Å². The fourth-order valence-electron chi connectivity index (χ4n) is 1.91. The van der Waals surface area contributed by atoms with Crippen molar-refractivity contribution in [1.29, 1.82) is 0 Å². The van der Waals surface area contributed by atoms with E-state index in [9.17, 15) is 18.0 Å². The Bertz CT molecular complexity index is 720. The van der Waals surface area contributed by atoms with Crippen molar-refractivity contribution < 1.29 is 18.0 Å². The van der Waals surface area contributed by atoms with Crippen molar-refractivity contribution in [2.75, 3.05) is 11.1 Å². The fraction of sp³-hybridized carbons (Fsp3) is 0.188. The Morgan fingerprint density at radius 3 is 2.38 bits per heavy atom. The maximum Gasteiger partial charge on any atom is 0.418 e. The molecule has 1 amide bonds. The topological polar surface area (TPSA) is 29.1 Å². The predicted molar refractivity (Wildman–Crippen MR) is 92.7 cm³/mol. The van der Waals surface area contributed by atoms with Gasteiger partial charge in [-0.25, -0.2) is 0 Å². The van der Waals surface area contributed by atoms with Gasteiger partial charge in [-0.2, -0.15) is 13.2 Å². The lowest BCUT2D eigenvalue weighted by Gasteiger charge is -2.15. The number of benzene rings is 2. The predicted octanol–water partition coefficient (Wildman–Crippen LogP) is 5.88. The molecule has 2 aromatic rings. The number of hydrogen-bond donors (Lipinski definition) is 1. The molecule has 0 unspecified atom stereocenters. The van der Waals surface area contributed by atoms with Crippen molar-refractivity contribution in [2.45, 2.75) is 11.9 Å². The Labute approximate surface area is 151 Å². The molecular weight excluding hydrogens is 382 g/mol. The molecule has 0 atom stereocenters. The van der Waals surface area contributed by atoms with Gasteiger partial charge < -0.3 is 5.32 Å². The minimum absolute atomic E-state index is 0.00511. The van der Waals surface area contributed by atoms with Gasteiger partial charge in [0.15, 0.2) is 0 Å². The molecular formula is C16H12Cl2F3NOS. The van der Waals surface area contributed by atoms with Crippen LogP contribution in [0.3, 0.4) is 0 Å². The molecule has 0 spiro atoms. The normalized spacial score (nSPS) is 11.4. The molecule has 0 aliphatic heterocycles. The van der Waals surface area contributed by atoms with Crippen molar-refractivity contribution in [3.8, 4) is 0 Å². The molecule has 0 saturated carbocycles. The summed E-state index contributed by atoms with van der Waals surface area (Å²) >= 11 is 12.8. The molecule has 0 saturated heterocycles. The molecule has 128 valence electrons. The van der Waals surface area contributed by atoms with Crippen LogP contribution >= 0.6 is 35.0 Å². The molecule has 24 heavy (non-hydrogen) atoms. The molecule has 0 bridgehead atoms. The minimum atomic E-state index is -4.59. The number of halogens is 5. The molecule has 0 fully saturated rings. The highest BCUT2D eigenvalue weighted by atomic mass is 35.5. The number of thioether (sulfide) groups is 1. The summed E-state index contributed by atoms with van der Waals surface area (Å²) in [6.45, 7) is 0. The van der Waals surface area contributed by atoms with Gasteiger partial charge in [0, 0.05) is 10.8 Å². The smallest absolute Gasteiger partial charge is 0.324 e. The lowest BCUT2D eigenvalue weighted by atomic mass is 10.1. The average molecular weight is 394 g/mol. The van der Waals surface area contributed by atoms with Crippen LogP contribution in [0, 0.1) is 0 Å². The summed E-state index contributed by atoms with van der Waals surface area (Å²) < 4.78 is 38.9. The Hall–Kier alpha value is -1.37. The Kier molecular flexibility index (Phi) is 6.43. The summed E-state index contributed by atoms with van der Waals surface area (Å²) in [5, 5.41) is 2.71. The number of rotatable bonds is 5. The second kappa shape index (κ2) is 8.14. The summed E-state index contributed by atoms with van der Waals surface area (Å²) in [6.07, 6.45) is -4.59. The molecule has 0 radical (unpaired) electrons. The van der Waals surface area contributed by atoms with Gasteiger partial charge in [-0.3, -0.25) is 4.79 Å². The van der Waals surface area contributed by atoms with Gasteiger partial charge in [-0.05, 0) is 29.8 Å². The van der Waals surface area contributed by atoms with Gasteiger partial charge in [-0.15, -0.1) is 11.8 Å². The van der Waals surface area contributed by atoms with E-state index < -0.39 is 23.3 Å². The zero-order chi connectivity index (χ0) is 17.7. The average Bonchev–Trinajstić information content (AvgIpc) is 2.50. The summed E-state index contributed by atoms with van der Waals surface area (Å²) in [7, 11) is 0. The van der Waals surface area contributed by atoms with Gasteiger partial charge in [0.25, 0.3) is 0 Å². The highest BCUT2D eigenvalue weighted by Crippen LogP contribution is 2.38. The van der Waals surface area contributed by atoms with Crippen molar-refractivity contribution in [2.24, 2.45) is 0 Å². The highest BCUT2D eigenvalue weighted by molar-refractivity contribution is 7.99. The molecule has 0 aromatic heterocycles. The van der Waals surface area contributed by atoms with Crippen LogP contribution in [0.2, 0.25) is 10.0 Å². The summed E-state index contributed by atoms with van der Waals surface area (Å²) in [5.41, 5.74) is -0.416. The lowest BCUT2D eigenvalue weighted by Crippen LogP contribution is -2.18. The van der Waals surface area contributed by atoms with E-state index in [1.54, 1.807) is 12.1 Å². The minimum Gasteiger partial charge on any atom is -0.324 e. The van der Waals surface area contributed by atoms with E-state index in [1.807, 2.05) is 12.1 Å². The summed E-state index contributed by atoms with van der Waals surface area (Å²) in [6, 6.07) is 10.5. The first-order valence-corrected chi connectivity index (χ1v) is 8.66. The zero-order valence-electron chi connectivity index (χ0n) is 12.2. The third-order valence-electron chi connectivity index (χ3n) is 3.00. The first-order valence-electron chi connectivity index (χ1n) is 6.75. The van der Waals surface area contributed by atoms with Crippen LogP contribution in [0.1, 0.15) is 11.1 Å². The third kappa shape index (κ3) is 5.33. The molecule has 2 nitrogen and oxygen atoms in total. The summed E-state index contributed by atoms with van der Waals surface area (Å²) in [5.74, 6) is -0.00253. The van der Waals surface area contributed by atoms with Crippen LogP contribution in [-0.2, 0) is 16.7 Å². The van der Waals surface area contributed by atoms with Crippen LogP contribution in [0.25, 0.3) is 0 Å². The van der Waals surface area contributed by atoms with Gasteiger partial charge in [0.2, 0.25) is 5.91 Å². The largest absolute Gasteiger partial charge is 0.418 e. The van der Waals surface area contributed by atoms with Crippen molar-refractivity contribution >= 4 is 46.6 Å².